The molecule has 1 aromatic carbocycles. The number of anilines is 1. The van der Waals surface area contributed by atoms with Gasteiger partial charge < -0.3 is 10.6 Å². The standard InChI is InChI=1S/C16H18FN3OS/c1-10-2-3-12(8-13(10)17)19-15(21)14-9-22-16(20-14)11-4-6-18-7-5-11/h2-3,8-9,11,18H,4-7H2,1H3,(H,19,21). The SMILES string of the molecule is Cc1ccc(NC(=O)c2csc(C3CCNCC3)n2)cc1F. The van der Waals surface area contributed by atoms with Crippen molar-refractivity contribution in [3.63, 3.8) is 0 Å². The maximum Gasteiger partial charge on any atom is 0.275 e. The van der Waals surface area contributed by atoms with Gasteiger partial charge in [-0.1, -0.05) is 6.07 Å². The smallest absolute Gasteiger partial charge is 0.275 e. The van der Waals surface area contributed by atoms with Crippen LogP contribution in [0.25, 0.3) is 0 Å². The van der Waals surface area contributed by atoms with Crippen molar-refractivity contribution in [2.24, 2.45) is 0 Å². The first-order valence-corrected chi connectivity index (χ1v) is 8.25. The number of carbonyl (C=O) groups is 1. The fourth-order valence-electron chi connectivity index (χ4n) is 2.51. The lowest BCUT2D eigenvalue weighted by molar-refractivity contribution is 0.102. The summed E-state index contributed by atoms with van der Waals surface area (Å²) < 4.78 is 13.5. The molecule has 1 aromatic heterocycles. The molecule has 116 valence electrons. The predicted octanol–water partition coefficient (Wildman–Crippen LogP) is 3.31. The van der Waals surface area contributed by atoms with Gasteiger partial charge >= 0.3 is 0 Å². The molecule has 1 fully saturated rings. The molecular weight excluding hydrogens is 301 g/mol. The summed E-state index contributed by atoms with van der Waals surface area (Å²) in [5.41, 5.74) is 1.41. The number of thiazole rings is 1. The van der Waals surface area contributed by atoms with E-state index in [0.717, 1.165) is 30.9 Å². The Morgan fingerprint density at radius 1 is 1.41 bits per heavy atom. The quantitative estimate of drug-likeness (QED) is 0.912. The lowest BCUT2D eigenvalue weighted by Crippen LogP contribution is -2.26. The number of piperidine rings is 1. The van der Waals surface area contributed by atoms with E-state index in [4.69, 9.17) is 0 Å². The first kappa shape index (κ1) is 15.1. The summed E-state index contributed by atoms with van der Waals surface area (Å²) in [5.74, 6) is -0.184. The van der Waals surface area contributed by atoms with Gasteiger partial charge in [0.15, 0.2) is 0 Å². The van der Waals surface area contributed by atoms with E-state index in [9.17, 15) is 9.18 Å². The maximum absolute atomic E-state index is 13.5. The zero-order valence-corrected chi connectivity index (χ0v) is 13.2. The van der Waals surface area contributed by atoms with Crippen LogP contribution in [0, 0.1) is 12.7 Å². The number of carbonyl (C=O) groups excluding carboxylic acids is 1. The average Bonchev–Trinajstić information content (AvgIpc) is 3.02. The van der Waals surface area contributed by atoms with E-state index in [0.29, 0.717) is 22.9 Å². The van der Waals surface area contributed by atoms with Crippen LogP contribution >= 0.6 is 11.3 Å². The number of hydrogen-bond acceptors (Lipinski definition) is 4. The largest absolute Gasteiger partial charge is 0.321 e. The molecule has 22 heavy (non-hydrogen) atoms. The van der Waals surface area contributed by atoms with Crippen LogP contribution in [0.1, 0.15) is 39.8 Å². The normalized spacial score (nSPS) is 15.7. The highest BCUT2D eigenvalue weighted by molar-refractivity contribution is 7.09. The molecule has 0 saturated carbocycles. The topological polar surface area (TPSA) is 54.0 Å². The molecule has 0 bridgehead atoms. The molecule has 3 rings (SSSR count). The molecule has 0 aliphatic carbocycles. The molecule has 1 aliphatic rings. The molecular formula is C16H18FN3OS. The van der Waals surface area contributed by atoms with Crippen molar-refractivity contribution in [2.45, 2.75) is 25.7 Å². The number of halogens is 1. The summed E-state index contributed by atoms with van der Waals surface area (Å²) in [6.07, 6.45) is 2.11. The third-order valence-electron chi connectivity index (χ3n) is 3.87. The molecule has 2 heterocycles. The number of aryl methyl sites for hydroxylation is 1. The second-order valence-electron chi connectivity index (χ2n) is 5.51. The molecule has 1 amide bonds. The zero-order valence-electron chi connectivity index (χ0n) is 12.4. The minimum Gasteiger partial charge on any atom is -0.321 e. The molecule has 0 spiro atoms. The summed E-state index contributed by atoms with van der Waals surface area (Å²) >= 11 is 1.53. The van der Waals surface area contributed by atoms with E-state index >= 15 is 0 Å². The molecule has 0 atom stereocenters. The van der Waals surface area contributed by atoms with Crippen molar-refractivity contribution in [2.75, 3.05) is 18.4 Å². The summed E-state index contributed by atoms with van der Waals surface area (Å²) in [5, 5.41) is 8.80. The molecule has 1 saturated heterocycles. The minimum atomic E-state index is -0.327. The van der Waals surface area contributed by atoms with Crippen LogP contribution in [0.2, 0.25) is 0 Å². The first-order valence-electron chi connectivity index (χ1n) is 7.37. The Morgan fingerprint density at radius 2 is 2.18 bits per heavy atom. The van der Waals surface area contributed by atoms with E-state index in [1.807, 2.05) is 0 Å². The Kier molecular flexibility index (Phi) is 4.49. The first-order chi connectivity index (χ1) is 10.6. The van der Waals surface area contributed by atoms with Gasteiger partial charge in [0.05, 0.1) is 5.01 Å². The van der Waals surface area contributed by atoms with Crippen LogP contribution < -0.4 is 10.6 Å². The Bertz CT molecular complexity index is 680. The van der Waals surface area contributed by atoms with Crippen LogP contribution in [0.5, 0.6) is 0 Å². The van der Waals surface area contributed by atoms with Crippen LogP contribution in [0.15, 0.2) is 23.6 Å². The molecule has 2 aromatic rings. The van der Waals surface area contributed by atoms with E-state index in [-0.39, 0.29) is 11.7 Å². The van der Waals surface area contributed by atoms with Gasteiger partial charge in [0.2, 0.25) is 0 Å². The fourth-order valence-corrected chi connectivity index (χ4v) is 3.49. The number of aromatic nitrogens is 1. The van der Waals surface area contributed by atoms with Crippen LogP contribution in [0.4, 0.5) is 10.1 Å². The van der Waals surface area contributed by atoms with Gasteiger partial charge in [-0.3, -0.25) is 4.79 Å². The van der Waals surface area contributed by atoms with Gasteiger partial charge in [-0.05, 0) is 50.6 Å². The van der Waals surface area contributed by atoms with E-state index in [1.54, 1.807) is 24.4 Å². The predicted molar refractivity (Wildman–Crippen MR) is 86.0 cm³/mol. The van der Waals surface area contributed by atoms with Crippen molar-refractivity contribution in [1.29, 1.82) is 0 Å². The Hall–Kier alpha value is -1.79. The number of nitrogens with one attached hydrogen (secondary N) is 2. The van der Waals surface area contributed by atoms with Gasteiger partial charge in [0, 0.05) is 17.0 Å². The van der Waals surface area contributed by atoms with Crippen molar-refractivity contribution in [1.82, 2.24) is 10.3 Å². The van der Waals surface area contributed by atoms with E-state index in [1.165, 1.54) is 17.4 Å². The molecule has 4 nitrogen and oxygen atoms in total. The van der Waals surface area contributed by atoms with Gasteiger partial charge in [0.1, 0.15) is 11.5 Å². The lowest BCUT2D eigenvalue weighted by atomic mass is 9.99. The third kappa shape index (κ3) is 3.34. The minimum absolute atomic E-state index is 0.292. The lowest BCUT2D eigenvalue weighted by Gasteiger charge is -2.20. The monoisotopic (exact) mass is 319 g/mol. The van der Waals surface area contributed by atoms with Gasteiger partial charge in [-0.2, -0.15) is 0 Å². The third-order valence-corrected chi connectivity index (χ3v) is 4.88. The van der Waals surface area contributed by atoms with E-state index < -0.39 is 0 Å². The maximum atomic E-state index is 13.5. The number of benzene rings is 1. The highest BCUT2D eigenvalue weighted by Gasteiger charge is 2.20. The second-order valence-corrected chi connectivity index (χ2v) is 6.40. The Labute approximate surface area is 132 Å². The Balaban J connectivity index is 1.69. The molecule has 2 N–H and O–H groups in total. The highest BCUT2D eigenvalue weighted by Crippen LogP contribution is 2.28. The molecule has 1 aliphatic heterocycles. The van der Waals surface area contributed by atoms with Crippen molar-refractivity contribution in [3.05, 3.63) is 45.7 Å². The van der Waals surface area contributed by atoms with E-state index in [2.05, 4.69) is 15.6 Å². The molecule has 0 unspecified atom stereocenters. The average molecular weight is 319 g/mol. The number of rotatable bonds is 3. The highest BCUT2D eigenvalue weighted by atomic mass is 32.1. The van der Waals surface area contributed by atoms with Crippen molar-refractivity contribution in [3.8, 4) is 0 Å². The van der Waals surface area contributed by atoms with Gasteiger partial charge in [0.25, 0.3) is 5.91 Å². The van der Waals surface area contributed by atoms with Crippen molar-refractivity contribution < 1.29 is 9.18 Å². The summed E-state index contributed by atoms with van der Waals surface area (Å²) in [4.78, 5) is 16.7. The molecule has 6 heteroatoms. The van der Waals surface area contributed by atoms with Crippen LogP contribution in [0.3, 0.4) is 0 Å². The number of amides is 1. The van der Waals surface area contributed by atoms with Crippen molar-refractivity contribution >= 4 is 22.9 Å². The zero-order chi connectivity index (χ0) is 15.5. The number of hydrogen-bond donors (Lipinski definition) is 2. The Morgan fingerprint density at radius 3 is 2.91 bits per heavy atom. The fraction of sp³-hybridized carbons (Fsp3) is 0.375. The summed E-state index contributed by atoms with van der Waals surface area (Å²) in [7, 11) is 0. The van der Waals surface area contributed by atoms with Gasteiger partial charge in [-0.25, -0.2) is 9.37 Å². The van der Waals surface area contributed by atoms with Gasteiger partial charge in [-0.15, -0.1) is 11.3 Å². The second kappa shape index (κ2) is 6.54. The summed E-state index contributed by atoms with van der Waals surface area (Å²) in [6.45, 7) is 3.68. The number of nitrogens with zero attached hydrogens (tertiary/aromatic N) is 1. The van der Waals surface area contributed by atoms with Crippen LogP contribution in [-0.4, -0.2) is 24.0 Å². The van der Waals surface area contributed by atoms with Crippen LogP contribution in [-0.2, 0) is 0 Å². The molecule has 0 radical (unpaired) electrons. The summed E-state index contributed by atoms with van der Waals surface area (Å²) in [6, 6.07) is 4.66.